The second-order valence-corrected chi connectivity index (χ2v) is 5.02. The molecule has 1 heterocycles. The van der Waals surface area contributed by atoms with Gasteiger partial charge in [0.25, 0.3) is 0 Å². The summed E-state index contributed by atoms with van der Waals surface area (Å²) >= 11 is 0. The predicted molar refractivity (Wildman–Crippen MR) is 79.2 cm³/mol. The summed E-state index contributed by atoms with van der Waals surface area (Å²) in [7, 11) is 1.98. The third kappa shape index (κ3) is 3.35. The number of carboxylic acids is 1. The molecular formula is C16H18N2O2. The number of hydrogen-bond donors (Lipinski definition) is 1. The lowest BCUT2D eigenvalue weighted by atomic mass is 10.1. The molecule has 4 heteroatoms. The number of anilines is 1. The molecule has 0 amide bonds. The Bertz CT molecular complexity index is 618. The fraction of sp³-hybridized carbons (Fsp3) is 0.250. The summed E-state index contributed by atoms with van der Waals surface area (Å²) in [5.74, 6) is -0.999. The van der Waals surface area contributed by atoms with Gasteiger partial charge in [-0.05, 0) is 49.2 Å². The first-order valence-corrected chi connectivity index (χ1v) is 6.44. The van der Waals surface area contributed by atoms with E-state index in [0.717, 1.165) is 11.4 Å². The van der Waals surface area contributed by atoms with E-state index in [4.69, 9.17) is 5.11 Å². The summed E-state index contributed by atoms with van der Waals surface area (Å²) < 4.78 is 0. The number of pyridine rings is 1. The second kappa shape index (κ2) is 5.74. The summed E-state index contributed by atoms with van der Waals surface area (Å²) in [6.07, 6.45) is 0. The molecule has 1 aromatic carbocycles. The molecule has 4 nitrogen and oxygen atoms in total. The zero-order valence-electron chi connectivity index (χ0n) is 11.9. The molecule has 0 saturated carbocycles. The molecular weight excluding hydrogens is 252 g/mol. The van der Waals surface area contributed by atoms with E-state index in [1.54, 1.807) is 6.07 Å². The molecule has 104 valence electrons. The van der Waals surface area contributed by atoms with Gasteiger partial charge in [0.2, 0.25) is 0 Å². The van der Waals surface area contributed by atoms with E-state index in [2.05, 4.69) is 41.9 Å². The molecule has 0 unspecified atom stereocenters. The van der Waals surface area contributed by atoms with Gasteiger partial charge in [0.1, 0.15) is 5.69 Å². The maximum atomic E-state index is 10.9. The maximum absolute atomic E-state index is 10.9. The highest BCUT2D eigenvalue weighted by Crippen LogP contribution is 2.19. The minimum Gasteiger partial charge on any atom is -0.477 e. The molecule has 0 bridgehead atoms. The molecule has 0 aliphatic heterocycles. The normalized spacial score (nSPS) is 10.3. The van der Waals surface area contributed by atoms with Gasteiger partial charge in [-0.2, -0.15) is 0 Å². The lowest BCUT2D eigenvalue weighted by molar-refractivity contribution is 0.0690. The van der Waals surface area contributed by atoms with Crippen LogP contribution in [0.25, 0.3) is 0 Å². The monoisotopic (exact) mass is 270 g/mol. The summed E-state index contributed by atoms with van der Waals surface area (Å²) in [6, 6.07) is 11.4. The molecule has 0 spiro atoms. The van der Waals surface area contributed by atoms with Gasteiger partial charge in [0, 0.05) is 12.7 Å². The van der Waals surface area contributed by atoms with Gasteiger partial charge in [-0.3, -0.25) is 0 Å². The number of carboxylic acid groups (broad SMARTS) is 1. The minimum atomic E-state index is -0.999. The number of aryl methyl sites for hydroxylation is 2. The van der Waals surface area contributed by atoms with Crippen molar-refractivity contribution in [3.8, 4) is 0 Å². The fourth-order valence-electron chi connectivity index (χ4n) is 2.19. The van der Waals surface area contributed by atoms with Crippen molar-refractivity contribution in [3.05, 3.63) is 58.9 Å². The van der Waals surface area contributed by atoms with E-state index in [9.17, 15) is 4.79 Å². The molecule has 20 heavy (non-hydrogen) atoms. The van der Waals surface area contributed by atoms with Gasteiger partial charge in [0.15, 0.2) is 0 Å². The third-order valence-electron chi connectivity index (χ3n) is 3.07. The summed E-state index contributed by atoms with van der Waals surface area (Å²) in [4.78, 5) is 17.1. The Kier molecular flexibility index (Phi) is 4.03. The first kappa shape index (κ1) is 14.1. The Labute approximate surface area is 118 Å². The van der Waals surface area contributed by atoms with E-state index >= 15 is 0 Å². The van der Waals surface area contributed by atoms with Crippen molar-refractivity contribution < 1.29 is 9.90 Å². The summed E-state index contributed by atoms with van der Waals surface area (Å²) in [5, 5.41) is 8.96. The quantitative estimate of drug-likeness (QED) is 0.927. The van der Waals surface area contributed by atoms with Gasteiger partial charge < -0.3 is 10.0 Å². The third-order valence-corrected chi connectivity index (χ3v) is 3.07. The van der Waals surface area contributed by atoms with Crippen LogP contribution in [0.5, 0.6) is 0 Å². The first-order valence-electron chi connectivity index (χ1n) is 6.44. The van der Waals surface area contributed by atoms with Crippen LogP contribution in [0, 0.1) is 13.8 Å². The highest BCUT2D eigenvalue weighted by atomic mass is 16.4. The van der Waals surface area contributed by atoms with Crippen LogP contribution in [0.3, 0.4) is 0 Å². The van der Waals surface area contributed by atoms with Crippen LogP contribution in [-0.4, -0.2) is 23.1 Å². The minimum absolute atomic E-state index is 0.0799. The molecule has 2 aromatic rings. The van der Waals surface area contributed by atoms with Crippen LogP contribution in [0.4, 0.5) is 5.69 Å². The zero-order chi connectivity index (χ0) is 14.7. The average Bonchev–Trinajstić information content (AvgIpc) is 2.37. The molecule has 1 N–H and O–H groups in total. The second-order valence-electron chi connectivity index (χ2n) is 5.02. The van der Waals surface area contributed by atoms with E-state index < -0.39 is 5.97 Å². The smallest absolute Gasteiger partial charge is 0.354 e. The Morgan fingerprint density at radius 3 is 2.45 bits per heavy atom. The van der Waals surface area contributed by atoms with E-state index in [1.165, 1.54) is 17.2 Å². The number of aromatic nitrogens is 1. The summed E-state index contributed by atoms with van der Waals surface area (Å²) in [6.45, 7) is 4.70. The highest BCUT2D eigenvalue weighted by molar-refractivity contribution is 5.85. The molecule has 0 fully saturated rings. The highest BCUT2D eigenvalue weighted by Gasteiger charge is 2.08. The first-order chi connectivity index (χ1) is 9.45. The zero-order valence-corrected chi connectivity index (χ0v) is 11.9. The van der Waals surface area contributed by atoms with Crippen molar-refractivity contribution in [2.24, 2.45) is 0 Å². The Balaban J connectivity index is 2.20. The van der Waals surface area contributed by atoms with Crippen LogP contribution >= 0.6 is 0 Å². The van der Waals surface area contributed by atoms with Gasteiger partial charge in [-0.15, -0.1) is 0 Å². The molecule has 0 radical (unpaired) electrons. The van der Waals surface area contributed by atoms with Crippen LogP contribution in [-0.2, 0) is 6.54 Å². The molecule has 2 rings (SSSR count). The number of benzene rings is 1. The maximum Gasteiger partial charge on any atom is 0.354 e. The van der Waals surface area contributed by atoms with Crippen LogP contribution in [0.2, 0.25) is 0 Å². The largest absolute Gasteiger partial charge is 0.477 e. The Morgan fingerprint density at radius 2 is 1.85 bits per heavy atom. The molecule has 0 atom stereocenters. The number of nitrogens with zero attached hydrogens (tertiary/aromatic N) is 2. The fourth-order valence-corrected chi connectivity index (χ4v) is 2.19. The van der Waals surface area contributed by atoms with Crippen LogP contribution in [0.1, 0.15) is 27.3 Å². The van der Waals surface area contributed by atoms with E-state index in [1.807, 2.05) is 13.1 Å². The molecule has 0 aliphatic rings. The van der Waals surface area contributed by atoms with Crippen molar-refractivity contribution >= 4 is 11.7 Å². The lowest BCUT2D eigenvalue weighted by Crippen LogP contribution is -2.18. The number of aromatic carboxylic acids is 1. The van der Waals surface area contributed by atoms with E-state index in [0.29, 0.717) is 6.54 Å². The van der Waals surface area contributed by atoms with Gasteiger partial charge >= 0.3 is 5.97 Å². The molecule has 0 saturated heterocycles. The topological polar surface area (TPSA) is 53.4 Å². The number of carbonyl (C=O) groups is 1. The molecule has 0 aliphatic carbocycles. The predicted octanol–water partition coefficient (Wildman–Crippen LogP) is 3.03. The molecule has 1 aromatic heterocycles. The van der Waals surface area contributed by atoms with Crippen molar-refractivity contribution in [2.45, 2.75) is 20.4 Å². The van der Waals surface area contributed by atoms with Gasteiger partial charge in [-0.1, -0.05) is 12.1 Å². The SMILES string of the molecule is Cc1cc(C)cc(N(C)Cc2cccc(C(=O)O)n2)c1. The number of rotatable bonds is 4. The van der Waals surface area contributed by atoms with Gasteiger partial charge in [-0.25, -0.2) is 9.78 Å². The van der Waals surface area contributed by atoms with Crippen molar-refractivity contribution in [2.75, 3.05) is 11.9 Å². The Hall–Kier alpha value is -2.36. The average molecular weight is 270 g/mol. The Morgan fingerprint density at radius 1 is 1.20 bits per heavy atom. The van der Waals surface area contributed by atoms with Crippen LogP contribution in [0.15, 0.2) is 36.4 Å². The number of hydrogen-bond acceptors (Lipinski definition) is 3. The van der Waals surface area contributed by atoms with Gasteiger partial charge in [0.05, 0.1) is 12.2 Å². The lowest BCUT2D eigenvalue weighted by Gasteiger charge is -2.20. The standard InChI is InChI=1S/C16H18N2O2/c1-11-7-12(2)9-14(8-11)18(3)10-13-5-4-6-15(17-13)16(19)20/h4-9H,10H2,1-3H3,(H,19,20). The van der Waals surface area contributed by atoms with Crippen molar-refractivity contribution in [1.29, 1.82) is 0 Å². The summed E-state index contributed by atoms with van der Waals surface area (Å²) in [5.41, 5.74) is 4.34. The van der Waals surface area contributed by atoms with E-state index in [-0.39, 0.29) is 5.69 Å². The van der Waals surface area contributed by atoms with Crippen LogP contribution < -0.4 is 4.90 Å². The van der Waals surface area contributed by atoms with Crippen molar-refractivity contribution in [3.63, 3.8) is 0 Å². The van der Waals surface area contributed by atoms with Crippen molar-refractivity contribution in [1.82, 2.24) is 4.98 Å².